The molecule has 0 unspecified atom stereocenters. The van der Waals surface area contributed by atoms with Gasteiger partial charge < -0.3 is 10.1 Å². The monoisotopic (exact) mass is 446 g/mol. The third-order valence-corrected chi connectivity index (χ3v) is 5.67. The molecule has 162 valence electrons. The highest BCUT2D eigenvalue weighted by Crippen LogP contribution is 2.33. The highest BCUT2D eigenvalue weighted by molar-refractivity contribution is 6.30. The van der Waals surface area contributed by atoms with Crippen LogP contribution in [0.15, 0.2) is 96.2 Å². The maximum Gasteiger partial charge on any atom is 0.338 e. The molecule has 5 nitrogen and oxygen atoms in total. The summed E-state index contributed by atoms with van der Waals surface area (Å²) in [7, 11) is 0. The molecule has 32 heavy (non-hydrogen) atoms. The van der Waals surface area contributed by atoms with Gasteiger partial charge in [0.05, 0.1) is 18.2 Å². The van der Waals surface area contributed by atoms with Crippen molar-refractivity contribution in [2.24, 2.45) is 0 Å². The van der Waals surface area contributed by atoms with E-state index < -0.39 is 12.0 Å². The Morgan fingerprint density at radius 2 is 1.53 bits per heavy atom. The van der Waals surface area contributed by atoms with Crippen LogP contribution in [0.1, 0.15) is 29.7 Å². The molecule has 0 aromatic heterocycles. The van der Waals surface area contributed by atoms with Crippen molar-refractivity contribution in [3.05, 3.63) is 118 Å². The summed E-state index contributed by atoms with van der Waals surface area (Å²) in [6.45, 7) is 2.28. The van der Waals surface area contributed by atoms with Gasteiger partial charge in [0.2, 0.25) is 0 Å². The molecule has 0 radical (unpaired) electrons. The zero-order valence-corrected chi connectivity index (χ0v) is 18.4. The molecule has 1 aliphatic heterocycles. The molecule has 0 saturated carbocycles. The number of nitrogens with one attached hydrogen (secondary N) is 1. The summed E-state index contributed by atoms with van der Waals surface area (Å²) in [5, 5.41) is 3.55. The number of amides is 2. The van der Waals surface area contributed by atoms with Crippen LogP contribution in [0.2, 0.25) is 5.02 Å². The Morgan fingerprint density at radius 1 is 0.938 bits per heavy atom. The molecule has 2 amide bonds. The van der Waals surface area contributed by atoms with Crippen molar-refractivity contribution in [1.82, 2.24) is 10.2 Å². The first-order valence-electron chi connectivity index (χ1n) is 10.3. The van der Waals surface area contributed by atoms with Crippen LogP contribution in [0.25, 0.3) is 0 Å². The van der Waals surface area contributed by atoms with Crippen molar-refractivity contribution in [2.75, 3.05) is 0 Å². The minimum absolute atomic E-state index is 0.149. The van der Waals surface area contributed by atoms with Crippen LogP contribution in [0.3, 0.4) is 0 Å². The summed E-state index contributed by atoms with van der Waals surface area (Å²) >= 11 is 6.04. The molecule has 3 aromatic rings. The van der Waals surface area contributed by atoms with Crippen LogP contribution >= 0.6 is 11.6 Å². The lowest BCUT2D eigenvalue weighted by Gasteiger charge is -2.35. The summed E-state index contributed by atoms with van der Waals surface area (Å²) in [6.07, 6.45) is 0. The average Bonchev–Trinajstić information content (AvgIpc) is 2.82. The van der Waals surface area contributed by atoms with Crippen LogP contribution in [-0.2, 0) is 22.7 Å². The van der Waals surface area contributed by atoms with E-state index in [-0.39, 0.29) is 12.6 Å². The predicted molar refractivity (Wildman–Crippen MR) is 124 cm³/mol. The molecule has 0 aliphatic carbocycles. The van der Waals surface area contributed by atoms with Crippen LogP contribution in [0, 0.1) is 0 Å². The summed E-state index contributed by atoms with van der Waals surface area (Å²) in [5.74, 6) is -0.468. The third-order valence-electron chi connectivity index (χ3n) is 5.42. The fraction of sp³-hybridized carbons (Fsp3) is 0.154. The summed E-state index contributed by atoms with van der Waals surface area (Å²) in [4.78, 5) is 27.8. The van der Waals surface area contributed by atoms with E-state index in [1.807, 2.05) is 60.7 Å². The van der Waals surface area contributed by atoms with E-state index in [2.05, 4.69) is 5.32 Å². The number of hydrogen-bond acceptors (Lipinski definition) is 3. The van der Waals surface area contributed by atoms with Crippen molar-refractivity contribution in [2.45, 2.75) is 26.1 Å². The van der Waals surface area contributed by atoms with Crippen molar-refractivity contribution in [1.29, 1.82) is 0 Å². The van der Waals surface area contributed by atoms with Crippen molar-refractivity contribution in [3.63, 3.8) is 0 Å². The van der Waals surface area contributed by atoms with Crippen molar-refractivity contribution >= 4 is 23.6 Å². The maximum absolute atomic E-state index is 13.3. The highest BCUT2D eigenvalue weighted by atomic mass is 35.5. The summed E-state index contributed by atoms with van der Waals surface area (Å²) in [5.41, 5.74) is 3.58. The number of ether oxygens (including phenoxy) is 1. The Labute approximate surface area is 192 Å². The first-order chi connectivity index (χ1) is 15.5. The fourth-order valence-corrected chi connectivity index (χ4v) is 3.83. The highest BCUT2D eigenvalue weighted by Gasteiger charge is 2.36. The SMILES string of the molecule is CC1=C(C(=O)OCc2ccccc2)[C@H](c2ccc(Cl)cc2)NC(=O)N1Cc1ccccc1. The third kappa shape index (κ3) is 4.84. The lowest BCUT2D eigenvalue weighted by atomic mass is 9.94. The topological polar surface area (TPSA) is 58.6 Å². The second-order valence-corrected chi connectivity index (χ2v) is 8.00. The Hall–Kier alpha value is -3.57. The van der Waals surface area contributed by atoms with E-state index in [0.29, 0.717) is 22.8 Å². The second-order valence-electron chi connectivity index (χ2n) is 7.57. The van der Waals surface area contributed by atoms with Gasteiger partial charge in [-0.2, -0.15) is 0 Å². The Kier molecular flexibility index (Phi) is 6.57. The summed E-state index contributed by atoms with van der Waals surface area (Å²) < 4.78 is 5.65. The fourth-order valence-electron chi connectivity index (χ4n) is 3.71. The molecular formula is C26H23ClN2O3. The van der Waals surface area contributed by atoms with E-state index in [0.717, 1.165) is 16.7 Å². The first-order valence-corrected chi connectivity index (χ1v) is 10.7. The second kappa shape index (κ2) is 9.71. The van der Waals surface area contributed by atoms with Gasteiger partial charge in [-0.25, -0.2) is 9.59 Å². The molecule has 1 heterocycles. The number of nitrogens with zero attached hydrogens (tertiary/aromatic N) is 1. The maximum atomic E-state index is 13.3. The number of carbonyl (C=O) groups excluding carboxylic acids is 2. The number of carbonyl (C=O) groups is 2. The number of urea groups is 1. The number of hydrogen-bond donors (Lipinski definition) is 1. The van der Waals surface area contributed by atoms with Crippen LogP contribution in [-0.4, -0.2) is 16.9 Å². The summed E-state index contributed by atoms with van der Waals surface area (Å²) in [6, 6.07) is 25.3. The number of allylic oxidation sites excluding steroid dienone is 1. The average molecular weight is 447 g/mol. The Morgan fingerprint density at radius 3 is 2.16 bits per heavy atom. The molecule has 6 heteroatoms. The van der Waals surface area contributed by atoms with Gasteiger partial charge in [-0.15, -0.1) is 0 Å². The van der Waals surface area contributed by atoms with Gasteiger partial charge >= 0.3 is 12.0 Å². The van der Waals surface area contributed by atoms with E-state index in [1.165, 1.54) is 0 Å². The van der Waals surface area contributed by atoms with Crippen LogP contribution in [0.4, 0.5) is 4.79 Å². The van der Waals surface area contributed by atoms with E-state index in [9.17, 15) is 9.59 Å². The Bertz CT molecular complexity index is 1130. The van der Waals surface area contributed by atoms with E-state index in [4.69, 9.17) is 16.3 Å². The number of esters is 1. The normalized spacial score (nSPS) is 16.0. The molecule has 0 spiro atoms. The molecule has 1 atom stereocenters. The van der Waals surface area contributed by atoms with Gasteiger partial charge in [0, 0.05) is 10.7 Å². The zero-order valence-electron chi connectivity index (χ0n) is 17.6. The van der Waals surface area contributed by atoms with Crippen LogP contribution < -0.4 is 5.32 Å². The number of benzene rings is 3. The molecular weight excluding hydrogens is 424 g/mol. The largest absolute Gasteiger partial charge is 0.457 e. The van der Waals surface area contributed by atoms with Gasteiger partial charge in [-0.3, -0.25) is 4.90 Å². The van der Waals surface area contributed by atoms with Crippen molar-refractivity contribution < 1.29 is 14.3 Å². The van der Waals surface area contributed by atoms with Crippen LogP contribution in [0.5, 0.6) is 0 Å². The number of halogens is 1. The number of rotatable bonds is 6. The van der Waals surface area contributed by atoms with Crippen molar-refractivity contribution in [3.8, 4) is 0 Å². The van der Waals surface area contributed by atoms with Gasteiger partial charge in [0.15, 0.2) is 0 Å². The van der Waals surface area contributed by atoms with E-state index >= 15 is 0 Å². The van der Waals surface area contributed by atoms with Gasteiger partial charge in [0.25, 0.3) is 0 Å². The smallest absolute Gasteiger partial charge is 0.338 e. The minimum atomic E-state index is -0.630. The molecule has 1 aliphatic rings. The molecule has 4 rings (SSSR count). The van der Waals surface area contributed by atoms with E-state index in [1.54, 1.807) is 36.1 Å². The molecule has 0 fully saturated rings. The lowest BCUT2D eigenvalue weighted by Crippen LogP contribution is -2.47. The molecule has 1 N–H and O–H groups in total. The van der Waals surface area contributed by atoms with Gasteiger partial charge in [0.1, 0.15) is 6.61 Å². The van der Waals surface area contributed by atoms with Gasteiger partial charge in [-0.1, -0.05) is 84.4 Å². The first kappa shape index (κ1) is 21.7. The lowest BCUT2D eigenvalue weighted by molar-refractivity contribution is -0.141. The van der Waals surface area contributed by atoms with Gasteiger partial charge in [-0.05, 0) is 35.7 Å². The standard InChI is InChI=1S/C26H23ClN2O3/c1-18-23(25(30)32-17-20-10-6-3-7-11-20)24(21-12-14-22(27)15-13-21)28-26(31)29(18)16-19-8-4-2-5-9-19/h2-15,24H,16-17H2,1H3,(H,28,31)/t24-/m0/s1. The predicted octanol–water partition coefficient (Wildman–Crippen LogP) is 5.62. The molecule has 0 bridgehead atoms. The molecule has 0 saturated heterocycles. The minimum Gasteiger partial charge on any atom is -0.457 e. The quantitative estimate of drug-likeness (QED) is 0.499. The Balaban J connectivity index is 1.67. The molecule has 3 aromatic carbocycles. The zero-order chi connectivity index (χ0) is 22.5.